The van der Waals surface area contributed by atoms with Crippen LogP contribution in [-0.4, -0.2) is 45.9 Å². The molecule has 0 spiro atoms. The summed E-state index contributed by atoms with van der Waals surface area (Å²) in [5.41, 5.74) is 1.69. The SMILES string of the molecule is CC1CN(C(=O)c2cc3ccccn3c2)CCN1c1cccc(F)n1. The first-order valence-electron chi connectivity index (χ1n) is 8.37. The Balaban J connectivity index is 1.51. The zero-order valence-corrected chi connectivity index (χ0v) is 14.0. The van der Waals surface area contributed by atoms with Crippen molar-refractivity contribution in [2.24, 2.45) is 0 Å². The maximum atomic E-state index is 13.4. The highest BCUT2D eigenvalue weighted by molar-refractivity contribution is 5.95. The number of pyridine rings is 2. The van der Waals surface area contributed by atoms with Gasteiger partial charge in [0.1, 0.15) is 5.82 Å². The van der Waals surface area contributed by atoms with Crippen molar-refractivity contribution in [3.05, 3.63) is 66.4 Å². The fourth-order valence-electron chi connectivity index (χ4n) is 3.39. The lowest BCUT2D eigenvalue weighted by Gasteiger charge is -2.40. The highest BCUT2D eigenvalue weighted by Crippen LogP contribution is 2.20. The fourth-order valence-corrected chi connectivity index (χ4v) is 3.39. The van der Waals surface area contributed by atoms with E-state index >= 15 is 0 Å². The van der Waals surface area contributed by atoms with E-state index in [1.165, 1.54) is 6.07 Å². The Kier molecular flexibility index (Phi) is 3.87. The number of amides is 1. The number of aromatic nitrogens is 2. The smallest absolute Gasteiger partial charge is 0.255 e. The Bertz CT molecular complexity index is 889. The van der Waals surface area contributed by atoms with Crippen molar-refractivity contribution in [2.45, 2.75) is 13.0 Å². The quantitative estimate of drug-likeness (QED) is 0.675. The minimum absolute atomic E-state index is 0.0300. The number of piperazine rings is 1. The molecule has 1 fully saturated rings. The number of rotatable bonds is 2. The van der Waals surface area contributed by atoms with E-state index in [2.05, 4.69) is 4.98 Å². The maximum absolute atomic E-state index is 13.4. The summed E-state index contributed by atoms with van der Waals surface area (Å²) in [7, 11) is 0. The summed E-state index contributed by atoms with van der Waals surface area (Å²) in [6.45, 7) is 3.84. The van der Waals surface area contributed by atoms with Gasteiger partial charge in [-0.15, -0.1) is 0 Å². The summed E-state index contributed by atoms with van der Waals surface area (Å²) in [6, 6.07) is 12.7. The van der Waals surface area contributed by atoms with E-state index in [9.17, 15) is 9.18 Å². The van der Waals surface area contributed by atoms with Gasteiger partial charge in [0, 0.05) is 43.6 Å². The van der Waals surface area contributed by atoms with E-state index < -0.39 is 5.95 Å². The molecule has 1 aliphatic heterocycles. The number of carbonyl (C=O) groups excluding carboxylic acids is 1. The van der Waals surface area contributed by atoms with Gasteiger partial charge >= 0.3 is 0 Å². The molecule has 0 bridgehead atoms. The molecule has 5 nitrogen and oxygen atoms in total. The third kappa shape index (κ3) is 2.95. The van der Waals surface area contributed by atoms with Crippen LogP contribution in [0.5, 0.6) is 0 Å². The molecule has 4 heterocycles. The fraction of sp³-hybridized carbons (Fsp3) is 0.263. The van der Waals surface area contributed by atoms with E-state index in [1.54, 1.807) is 12.1 Å². The van der Waals surface area contributed by atoms with Gasteiger partial charge in [-0.1, -0.05) is 12.1 Å². The normalized spacial score (nSPS) is 17.9. The third-order valence-corrected chi connectivity index (χ3v) is 4.66. The molecule has 1 atom stereocenters. The van der Waals surface area contributed by atoms with Gasteiger partial charge in [0.2, 0.25) is 5.95 Å². The molecule has 1 saturated heterocycles. The van der Waals surface area contributed by atoms with Crippen molar-refractivity contribution in [3.8, 4) is 0 Å². The average Bonchev–Trinajstić information content (AvgIpc) is 3.05. The lowest BCUT2D eigenvalue weighted by atomic mass is 10.1. The maximum Gasteiger partial charge on any atom is 0.255 e. The lowest BCUT2D eigenvalue weighted by Crippen LogP contribution is -2.54. The molecular formula is C19H19FN4O. The van der Waals surface area contributed by atoms with Gasteiger partial charge in [-0.3, -0.25) is 4.79 Å². The van der Waals surface area contributed by atoms with Crippen LogP contribution in [0.1, 0.15) is 17.3 Å². The molecule has 0 aliphatic carbocycles. The molecule has 0 radical (unpaired) electrons. The van der Waals surface area contributed by atoms with Gasteiger partial charge in [-0.2, -0.15) is 4.39 Å². The Morgan fingerprint density at radius 1 is 1.20 bits per heavy atom. The van der Waals surface area contributed by atoms with E-state index in [1.807, 2.05) is 57.8 Å². The molecular weight excluding hydrogens is 319 g/mol. The van der Waals surface area contributed by atoms with Crippen LogP contribution in [0.15, 0.2) is 54.9 Å². The Hall–Kier alpha value is -2.89. The first kappa shape index (κ1) is 15.6. The number of halogens is 1. The summed E-state index contributed by atoms with van der Waals surface area (Å²) >= 11 is 0. The summed E-state index contributed by atoms with van der Waals surface area (Å²) in [4.78, 5) is 20.7. The number of hydrogen-bond acceptors (Lipinski definition) is 3. The van der Waals surface area contributed by atoms with Crippen molar-refractivity contribution in [3.63, 3.8) is 0 Å². The average molecular weight is 338 g/mol. The minimum Gasteiger partial charge on any atom is -0.350 e. The standard InChI is InChI=1S/C19H19FN4O/c1-14-12-23(9-10-24(14)18-7-4-6-17(20)21-18)19(25)15-11-16-5-2-3-8-22(16)13-15/h2-8,11,13-14H,9-10,12H2,1H3. The predicted octanol–water partition coefficient (Wildman–Crippen LogP) is 2.82. The zero-order valence-electron chi connectivity index (χ0n) is 14.0. The molecule has 3 aromatic rings. The van der Waals surface area contributed by atoms with Crippen LogP contribution < -0.4 is 4.90 Å². The Labute approximate surface area is 145 Å². The third-order valence-electron chi connectivity index (χ3n) is 4.66. The van der Waals surface area contributed by atoms with Crippen LogP contribution in [0.25, 0.3) is 5.52 Å². The highest BCUT2D eigenvalue weighted by Gasteiger charge is 2.28. The molecule has 25 heavy (non-hydrogen) atoms. The zero-order chi connectivity index (χ0) is 17.4. The number of hydrogen-bond donors (Lipinski definition) is 0. The highest BCUT2D eigenvalue weighted by atomic mass is 19.1. The molecule has 0 N–H and O–H groups in total. The van der Waals surface area contributed by atoms with Crippen LogP contribution in [-0.2, 0) is 0 Å². The Morgan fingerprint density at radius 2 is 2.08 bits per heavy atom. The predicted molar refractivity (Wildman–Crippen MR) is 94.3 cm³/mol. The number of nitrogens with zero attached hydrogens (tertiary/aromatic N) is 4. The number of fused-ring (bicyclic) bond motifs is 1. The molecule has 1 aliphatic rings. The molecule has 3 aromatic heterocycles. The Morgan fingerprint density at radius 3 is 2.84 bits per heavy atom. The van der Waals surface area contributed by atoms with E-state index in [0.717, 1.165) is 5.52 Å². The molecule has 4 rings (SSSR count). The van der Waals surface area contributed by atoms with Crippen molar-refractivity contribution in [2.75, 3.05) is 24.5 Å². The van der Waals surface area contributed by atoms with Crippen molar-refractivity contribution >= 4 is 17.2 Å². The molecule has 0 aromatic carbocycles. The molecule has 128 valence electrons. The number of carbonyl (C=O) groups is 1. The summed E-state index contributed by atoms with van der Waals surface area (Å²) in [5, 5.41) is 0. The van der Waals surface area contributed by atoms with Crippen LogP contribution in [0.3, 0.4) is 0 Å². The molecule has 1 amide bonds. The second kappa shape index (κ2) is 6.20. The van der Waals surface area contributed by atoms with Gasteiger partial charge in [-0.25, -0.2) is 4.98 Å². The summed E-state index contributed by atoms with van der Waals surface area (Å²) in [6.07, 6.45) is 3.80. The molecule has 6 heteroatoms. The van der Waals surface area contributed by atoms with Gasteiger partial charge in [0.15, 0.2) is 0 Å². The monoisotopic (exact) mass is 338 g/mol. The van der Waals surface area contributed by atoms with Gasteiger partial charge in [0.05, 0.1) is 5.56 Å². The van der Waals surface area contributed by atoms with Gasteiger partial charge in [0.25, 0.3) is 5.91 Å². The lowest BCUT2D eigenvalue weighted by molar-refractivity contribution is 0.0726. The van der Waals surface area contributed by atoms with Crippen LogP contribution in [0.2, 0.25) is 0 Å². The summed E-state index contributed by atoms with van der Waals surface area (Å²) < 4.78 is 15.3. The van der Waals surface area contributed by atoms with E-state index in [4.69, 9.17) is 0 Å². The van der Waals surface area contributed by atoms with Crippen molar-refractivity contribution < 1.29 is 9.18 Å². The number of anilines is 1. The molecule has 0 saturated carbocycles. The van der Waals surface area contributed by atoms with Gasteiger partial charge in [-0.05, 0) is 37.3 Å². The van der Waals surface area contributed by atoms with Crippen LogP contribution in [0, 0.1) is 5.95 Å². The van der Waals surface area contributed by atoms with E-state index in [-0.39, 0.29) is 11.9 Å². The summed E-state index contributed by atoms with van der Waals surface area (Å²) in [5.74, 6) is 0.167. The minimum atomic E-state index is -0.483. The van der Waals surface area contributed by atoms with E-state index in [0.29, 0.717) is 31.0 Å². The van der Waals surface area contributed by atoms with Crippen molar-refractivity contribution in [1.82, 2.24) is 14.3 Å². The first-order chi connectivity index (χ1) is 12.1. The first-order valence-corrected chi connectivity index (χ1v) is 8.37. The second-order valence-electron chi connectivity index (χ2n) is 6.37. The molecule has 1 unspecified atom stereocenters. The largest absolute Gasteiger partial charge is 0.350 e. The van der Waals surface area contributed by atoms with Gasteiger partial charge < -0.3 is 14.2 Å². The van der Waals surface area contributed by atoms with Crippen LogP contribution in [0.4, 0.5) is 10.2 Å². The second-order valence-corrected chi connectivity index (χ2v) is 6.37. The topological polar surface area (TPSA) is 40.9 Å². The van der Waals surface area contributed by atoms with Crippen LogP contribution >= 0.6 is 0 Å². The van der Waals surface area contributed by atoms with Crippen molar-refractivity contribution in [1.29, 1.82) is 0 Å².